The Morgan fingerprint density at radius 3 is 2.44 bits per heavy atom. The molecule has 2 saturated carbocycles. The minimum Gasteiger partial charge on any atom is -0.351 e. The van der Waals surface area contributed by atoms with Gasteiger partial charge in [0.05, 0.1) is 0 Å². The molecule has 0 radical (unpaired) electrons. The molecule has 2 aliphatic rings. The van der Waals surface area contributed by atoms with Crippen molar-refractivity contribution in [3.63, 3.8) is 0 Å². The number of nitrogens with two attached hydrogens (primary N) is 1. The highest BCUT2D eigenvalue weighted by molar-refractivity contribution is 5.82. The van der Waals surface area contributed by atoms with Crippen LogP contribution in [-0.2, 0) is 4.79 Å². The third-order valence-electron chi connectivity index (χ3n) is 4.39. The van der Waals surface area contributed by atoms with Crippen LogP contribution in [0.1, 0.15) is 58.3 Å². The van der Waals surface area contributed by atoms with Crippen molar-refractivity contribution in [1.29, 1.82) is 0 Å². The van der Waals surface area contributed by atoms with Crippen LogP contribution < -0.4 is 11.1 Å². The van der Waals surface area contributed by atoms with Crippen LogP contribution in [0.5, 0.6) is 0 Å². The van der Waals surface area contributed by atoms with E-state index in [0.29, 0.717) is 0 Å². The Kier molecular flexibility index (Phi) is 3.53. The van der Waals surface area contributed by atoms with Gasteiger partial charge in [0.15, 0.2) is 0 Å². The Morgan fingerprint density at radius 1 is 1.19 bits per heavy atom. The van der Waals surface area contributed by atoms with Gasteiger partial charge in [-0.2, -0.15) is 0 Å². The third-order valence-corrected chi connectivity index (χ3v) is 4.39. The van der Waals surface area contributed by atoms with E-state index in [9.17, 15) is 4.79 Å². The predicted molar refractivity (Wildman–Crippen MR) is 64.9 cm³/mol. The van der Waals surface area contributed by atoms with Gasteiger partial charge in [-0.25, -0.2) is 0 Å². The van der Waals surface area contributed by atoms with E-state index in [2.05, 4.69) is 12.2 Å². The lowest BCUT2D eigenvalue weighted by molar-refractivity contribution is -0.131. The van der Waals surface area contributed by atoms with Crippen molar-refractivity contribution in [2.45, 2.75) is 70.4 Å². The van der Waals surface area contributed by atoms with Gasteiger partial charge < -0.3 is 11.1 Å². The summed E-state index contributed by atoms with van der Waals surface area (Å²) >= 11 is 0. The summed E-state index contributed by atoms with van der Waals surface area (Å²) in [5.41, 5.74) is 5.94. The predicted octanol–water partition coefficient (Wildman–Crippen LogP) is 1.95. The number of carbonyl (C=O) groups is 1. The first-order valence-corrected chi connectivity index (χ1v) is 6.68. The highest BCUT2D eigenvalue weighted by atomic mass is 16.2. The van der Waals surface area contributed by atoms with Crippen molar-refractivity contribution < 1.29 is 4.79 Å². The van der Waals surface area contributed by atoms with Gasteiger partial charge in [0.2, 0.25) is 5.91 Å². The Hall–Kier alpha value is -0.570. The molecule has 3 N–H and O–H groups in total. The Balaban J connectivity index is 1.90. The average Bonchev–Trinajstić information content (AvgIpc) is 2.70. The number of hydrogen-bond donors (Lipinski definition) is 2. The van der Waals surface area contributed by atoms with Gasteiger partial charge >= 0.3 is 0 Å². The molecule has 0 aromatic heterocycles. The standard InChI is InChI=1S/C13H24N2O/c1-13(8-4-5-9-13)12(16)15-11-7-3-2-6-10(11)14/h10-11H,2-9,14H2,1H3,(H,15,16). The van der Waals surface area contributed by atoms with E-state index < -0.39 is 0 Å². The second kappa shape index (κ2) is 4.74. The largest absolute Gasteiger partial charge is 0.351 e. The summed E-state index contributed by atoms with van der Waals surface area (Å²) in [6, 6.07) is 0.390. The molecule has 2 unspecified atom stereocenters. The maximum absolute atomic E-state index is 12.2. The van der Waals surface area contributed by atoms with Crippen LogP contribution in [-0.4, -0.2) is 18.0 Å². The van der Waals surface area contributed by atoms with E-state index in [0.717, 1.165) is 25.7 Å². The van der Waals surface area contributed by atoms with Crippen LogP contribution in [0.4, 0.5) is 0 Å². The molecule has 0 saturated heterocycles. The van der Waals surface area contributed by atoms with E-state index in [4.69, 9.17) is 5.73 Å². The summed E-state index contributed by atoms with van der Waals surface area (Å²) in [7, 11) is 0. The molecule has 2 fully saturated rings. The Morgan fingerprint density at radius 2 is 1.81 bits per heavy atom. The van der Waals surface area contributed by atoms with Gasteiger partial charge in [-0.05, 0) is 25.7 Å². The molecule has 0 aromatic carbocycles. The van der Waals surface area contributed by atoms with Crippen LogP contribution >= 0.6 is 0 Å². The first-order chi connectivity index (χ1) is 7.62. The molecule has 0 bridgehead atoms. The highest BCUT2D eigenvalue weighted by Crippen LogP contribution is 2.37. The van der Waals surface area contributed by atoms with Crippen LogP contribution in [0.3, 0.4) is 0 Å². The van der Waals surface area contributed by atoms with Crippen molar-refractivity contribution in [3.05, 3.63) is 0 Å². The molecule has 92 valence electrons. The SMILES string of the molecule is CC1(C(=O)NC2CCCCC2N)CCCC1. The number of rotatable bonds is 2. The highest BCUT2D eigenvalue weighted by Gasteiger charge is 2.37. The number of carbonyl (C=O) groups excluding carboxylic acids is 1. The van der Waals surface area contributed by atoms with Crippen molar-refractivity contribution >= 4 is 5.91 Å². The van der Waals surface area contributed by atoms with Gasteiger partial charge in [0, 0.05) is 17.5 Å². The van der Waals surface area contributed by atoms with E-state index in [1.54, 1.807) is 0 Å². The molecule has 0 aromatic rings. The second-order valence-electron chi connectivity index (χ2n) is 5.80. The summed E-state index contributed by atoms with van der Waals surface area (Å²) in [5.74, 6) is 0.243. The quantitative estimate of drug-likeness (QED) is 0.753. The smallest absolute Gasteiger partial charge is 0.226 e. The molecule has 1 amide bonds. The van der Waals surface area contributed by atoms with E-state index in [1.165, 1.54) is 25.7 Å². The minimum atomic E-state index is -0.114. The molecule has 0 aliphatic heterocycles. The lowest BCUT2D eigenvalue weighted by Crippen LogP contribution is -2.52. The molecule has 3 heteroatoms. The number of amides is 1. The van der Waals surface area contributed by atoms with Crippen LogP contribution in [0, 0.1) is 5.41 Å². The van der Waals surface area contributed by atoms with Gasteiger partial charge in [-0.3, -0.25) is 4.79 Å². The Labute approximate surface area is 98.2 Å². The van der Waals surface area contributed by atoms with Crippen molar-refractivity contribution in [2.24, 2.45) is 11.1 Å². The zero-order valence-corrected chi connectivity index (χ0v) is 10.3. The van der Waals surface area contributed by atoms with E-state index in [-0.39, 0.29) is 23.4 Å². The third kappa shape index (κ3) is 2.40. The van der Waals surface area contributed by atoms with Crippen molar-refractivity contribution in [1.82, 2.24) is 5.32 Å². The summed E-state index contributed by atoms with van der Waals surface area (Å²) in [6.07, 6.45) is 9.01. The first kappa shape index (κ1) is 11.9. The molecule has 2 atom stereocenters. The summed E-state index contributed by atoms with van der Waals surface area (Å²) < 4.78 is 0. The molecule has 2 aliphatic carbocycles. The average molecular weight is 224 g/mol. The van der Waals surface area contributed by atoms with Crippen LogP contribution in [0.25, 0.3) is 0 Å². The van der Waals surface area contributed by atoms with Crippen LogP contribution in [0.2, 0.25) is 0 Å². The summed E-state index contributed by atoms with van der Waals surface area (Å²) in [6.45, 7) is 2.10. The number of nitrogens with one attached hydrogen (secondary N) is 1. The van der Waals surface area contributed by atoms with Gasteiger partial charge in [-0.1, -0.05) is 32.6 Å². The number of hydrogen-bond acceptors (Lipinski definition) is 2. The molecular weight excluding hydrogens is 200 g/mol. The lowest BCUT2D eigenvalue weighted by Gasteiger charge is -2.32. The fraction of sp³-hybridized carbons (Fsp3) is 0.923. The Bertz CT molecular complexity index is 259. The maximum Gasteiger partial charge on any atom is 0.226 e. The normalized spacial score (nSPS) is 33.6. The molecule has 3 nitrogen and oxygen atoms in total. The van der Waals surface area contributed by atoms with Gasteiger partial charge in [-0.15, -0.1) is 0 Å². The fourth-order valence-corrected chi connectivity index (χ4v) is 3.06. The second-order valence-corrected chi connectivity index (χ2v) is 5.80. The lowest BCUT2D eigenvalue weighted by atomic mass is 9.85. The van der Waals surface area contributed by atoms with Crippen molar-refractivity contribution in [3.8, 4) is 0 Å². The minimum absolute atomic E-state index is 0.114. The first-order valence-electron chi connectivity index (χ1n) is 6.68. The van der Waals surface area contributed by atoms with E-state index >= 15 is 0 Å². The summed E-state index contributed by atoms with van der Waals surface area (Å²) in [4.78, 5) is 12.2. The molecule has 0 spiro atoms. The molecule has 0 heterocycles. The summed E-state index contributed by atoms with van der Waals surface area (Å²) in [5, 5.41) is 3.19. The van der Waals surface area contributed by atoms with Gasteiger partial charge in [0.1, 0.15) is 0 Å². The molecule has 2 rings (SSSR count). The maximum atomic E-state index is 12.2. The van der Waals surface area contributed by atoms with Crippen molar-refractivity contribution in [2.75, 3.05) is 0 Å². The molecule has 16 heavy (non-hydrogen) atoms. The van der Waals surface area contributed by atoms with Gasteiger partial charge in [0.25, 0.3) is 0 Å². The topological polar surface area (TPSA) is 55.1 Å². The molecular formula is C13H24N2O. The zero-order chi connectivity index (χ0) is 11.6. The monoisotopic (exact) mass is 224 g/mol. The fourth-order valence-electron chi connectivity index (χ4n) is 3.06. The zero-order valence-electron chi connectivity index (χ0n) is 10.3. The van der Waals surface area contributed by atoms with E-state index in [1.807, 2.05) is 0 Å². The van der Waals surface area contributed by atoms with Crippen LogP contribution in [0.15, 0.2) is 0 Å².